The smallest absolute Gasteiger partial charge is 0.149 e. The first kappa shape index (κ1) is 10.3. The maximum Gasteiger partial charge on any atom is 0.149 e. The lowest BCUT2D eigenvalue weighted by atomic mass is 10.2. The summed E-state index contributed by atoms with van der Waals surface area (Å²) in [6, 6.07) is 2.22. The van der Waals surface area contributed by atoms with E-state index in [1.54, 1.807) is 6.20 Å². The van der Waals surface area contributed by atoms with Crippen LogP contribution < -0.4 is 10.6 Å². The third-order valence-electron chi connectivity index (χ3n) is 2.05. The molecule has 1 aromatic heterocycles. The van der Waals surface area contributed by atoms with Crippen molar-refractivity contribution < 1.29 is 0 Å². The highest BCUT2D eigenvalue weighted by atomic mass is 15.2. The molecule has 1 aromatic rings. The van der Waals surface area contributed by atoms with Gasteiger partial charge in [0.2, 0.25) is 0 Å². The number of nitrogens with zero attached hydrogens (tertiary/aromatic N) is 4. The van der Waals surface area contributed by atoms with Crippen LogP contribution in [0, 0.1) is 11.3 Å². The zero-order valence-electron chi connectivity index (χ0n) is 8.31. The molecule has 0 radical (unpaired) electrons. The number of nitriles is 1. The Balaban J connectivity index is 2.79. The Kier molecular flexibility index (Phi) is 3.24. The normalized spacial score (nSPS) is 11.8. The predicted molar refractivity (Wildman–Crippen MR) is 54.5 cm³/mol. The molecule has 0 amide bonds. The molecule has 14 heavy (non-hydrogen) atoms. The molecule has 0 aliphatic carbocycles. The van der Waals surface area contributed by atoms with Gasteiger partial charge in [-0.2, -0.15) is 5.26 Å². The number of hydrogen-bond acceptors (Lipinski definition) is 5. The van der Waals surface area contributed by atoms with Gasteiger partial charge in [0, 0.05) is 13.1 Å². The summed E-state index contributed by atoms with van der Waals surface area (Å²) >= 11 is 0. The number of nitrogens with two attached hydrogens (primary N) is 1. The minimum Gasteiger partial charge on any atom is -0.382 e. The van der Waals surface area contributed by atoms with E-state index in [2.05, 4.69) is 16.0 Å². The molecule has 1 heterocycles. The van der Waals surface area contributed by atoms with Crippen LogP contribution >= 0.6 is 0 Å². The van der Waals surface area contributed by atoms with E-state index in [0.29, 0.717) is 18.1 Å². The van der Waals surface area contributed by atoms with Gasteiger partial charge in [0.15, 0.2) is 0 Å². The summed E-state index contributed by atoms with van der Waals surface area (Å²) in [5, 5.41) is 8.55. The van der Waals surface area contributed by atoms with Crippen molar-refractivity contribution in [1.82, 2.24) is 9.97 Å². The second-order valence-corrected chi connectivity index (χ2v) is 3.12. The van der Waals surface area contributed by atoms with Crippen LogP contribution in [0.15, 0.2) is 12.4 Å². The Morgan fingerprint density at radius 3 is 2.93 bits per heavy atom. The monoisotopic (exact) mass is 191 g/mol. The van der Waals surface area contributed by atoms with E-state index in [9.17, 15) is 0 Å². The number of aromatic nitrogens is 2. The van der Waals surface area contributed by atoms with Gasteiger partial charge in [-0.1, -0.05) is 0 Å². The fraction of sp³-hybridized carbons (Fsp3) is 0.444. The van der Waals surface area contributed by atoms with E-state index in [1.165, 1.54) is 6.20 Å². The molecule has 0 aliphatic rings. The van der Waals surface area contributed by atoms with E-state index in [-0.39, 0.29) is 6.04 Å². The highest BCUT2D eigenvalue weighted by molar-refractivity contribution is 5.41. The lowest BCUT2D eigenvalue weighted by Gasteiger charge is -2.23. The van der Waals surface area contributed by atoms with E-state index in [1.807, 2.05) is 18.9 Å². The third kappa shape index (κ3) is 2.33. The lowest BCUT2D eigenvalue weighted by molar-refractivity contribution is 0.693. The Morgan fingerprint density at radius 2 is 2.36 bits per heavy atom. The molecule has 0 bridgehead atoms. The molecule has 0 saturated carbocycles. The van der Waals surface area contributed by atoms with Crippen molar-refractivity contribution in [3.63, 3.8) is 0 Å². The van der Waals surface area contributed by atoms with E-state index < -0.39 is 0 Å². The van der Waals surface area contributed by atoms with Crippen LogP contribution in [0.5, 0.6) is 0 Å². The van der Waals surface area contributed by atoms with Gasteiger partial charge < -0.3 is 10.6 Å². The molecule has 2 N–H and O–H groups in total. The highest BCUT2D eigenvalue weighted by Gasteiger charge is 2.10. The van der Waals surface area contributed by atoms with Gasteiger partial charge in [0.25, 0.3) is 0 Å². The van der Waals surface area contributed by atoms with Gasteiger partial charge in [0.05, 0.1) is 24.9 Å². The largest absolute Gasteiger partial charge is 0.382 e. The number of anilines is 2. The summed E-state index contributed by atoms with van der Waals surface area (Å²) in [5.41, 5.74) is 5.51. The molecule has 1 unspecified atom stereocenters. The molecule has 0 spiro atoms. The van der Waals surface area contributed by atoms with Crippen LogP contribution in [-0.2, 0) is 0 Å². The fourth-order valence-electron chi connectivity index (χ4n) is 1.04. The topological polar surface area (TPSA) is 78.8 Å². The van der Waals surface area contributed by atoms with Crippen LogP contribution in [0.1, 0.15) is 13.3 Å². The molecule has 0 fully saturated rings. The van der Waals surface area contributed by atoms with Gasteiger partial charge >= 0.3 is 0 Å². The molecular formula is C9H13N5. The Labute approximate surface area is 83.2 Å². The first-order chi connectivity index (χ1) is 6.65. The Hall–Kier alpha value is -1.83. The van der Waals surface area contributed by atoms with Crippen molar-refractivity contribution in [2.45, 2.75) is 19.4 Å². The molecule has 74 valence electrons. The standard InChI is InChI=1S/C9H13N5/c1-7(3-4-10)14(2)9-6-12-5-8(11)13-9/h5-7H,3H2,1-2H3,(H2,11,13). The maximum atomic E-state index is 8.55. The van der Waals surface area contributed by atoms with Crippen molar-refractivity contribution in [3.05, 3.63) is 12.4 Å². The maximum absolute atomic E-state index is 8.55. The second kappa shape index (κ2) is 4.42. The van der Waals surface area contributed by atoms with Crippen molar-refractivity contribution in [3.8, 4) is 6.07 Å². The van der Waals surface area contributed by atoms with Gasteiger partial charge in [-0.05, 0) is 6.92 Å². The summed E-state index contributed by atoms with van der Waals surface area (Å²) in [7, 11) is 1.87. The second-order valence-electron chi connectivity index (χ2n) is 3.12. The lowest BCUT2D eigenvalue weighted by Crippen LogP contribution is -2.29. The Morgan fingerprint density at radius 1 is 1.64 bits per heavy atom. The number of hydrogen-bond donors (Lipinski definition) is 1. The zero-order valence-corrected chi connectivity index (χ0v) is 8.31. The Bertz CT molecular complexity index is 343. The molecule has 5 nitrogen and oxygen atoms in total. The minimum atomic E-state index is 0.107. The molecule has 5 heteroatoms. The van der Waals surface area contributed by atoms with Crippen molar-refractivity contribution >= 4 is 11.6 Å². The van der Waals surface area contributed by atoms with Crippen LogP contribution in [0.2, 0.25) is 0 Å². The summed E-state index contributed by atoms with van der Waals surface area (Å²) in [4.78, 5) is 9.93. The summed E-state index contributed by atoms with van der Waals surface area (Å²) in [6.45, 7) is 1.95. The molecule has 0 saturated heterocycles. The average molecular weight is 191 g/mol. The zero-order chi connectivity index (χ0) is 10.6. The van der Waals surface area contributed by atoms with E-state index in [0.717, 1.165) is 0 Å². The quantitative estimate of drug-likeness (QED) is 0.764. The number of nitrogen functional groups attached to an aromatic ring is 1. The average Bonchev–Trinajstić information content (AvgIpc) is 2.17. The van der Waals surface area contributed by atoms with Crippen LogP contribution in [0.25, 0.3) is 0 Å². The fourth-order valence-corrected chi connectivity index (χ4v) is 1.04. The van der Waals surface area contributed by atoms with E-state index in [4.69, 9.17) is 11.0 Å². The van der Waals surface area contributed by atoms with Crippen molar-refractivity contribution in [2.24, 2.45) is 0 Å². The number of rotatable bonds is 3. The van der Waals surface area contributed by atoms with Gasteiger partial charge in [-0.25, -0.2) is 4.98 Å². The van der Waals surface area contributed by atoms with Crippen LogP contribution in [0.3, 0.4) is 0 Å². The predicted octanol–water partition coefficient (Wildman–Crippen LogP) is 0.797. The van der Waals surface area contributed by atoms with Gasteiger partial charge in [0.1, 0.15) is 11.6 Å². The van der Waals surface area contributed by atoms with E-state index >= 15 is 0 Å². The van der Waals surface area contributed by atoms with Gasteiger partial charge in [-0.15, -0.1) is 0 Å². The molecular weight excluding hydrogens is 178 g/mol. The highest BCUT2D eigenvalue weighted by Crippen LogP contribution is 2.12. The molecule has 0 aromatic carbocycles. The van der Waals surface area contributed by atoms with Crippen molar-refractivity contribution in [1.29, 1.82) is 5.26 Å². The summed E-state index contributed by atoms with van der Waals surface area (Å²) < 4.78 is 0. The molecule has 1 rings (SSSR count). The molecule has 0 aliphatic heterocycles. The third-order valence-corrected chi connectivity index (χ3v) is 2.05. The first-order valence-corrected chi connectivity index (χ1v) is 4.32. The van der Waals surface area contributed by atoms with Crippen LogP contribution in [0.4, 0.5) is 11.6 Å². The molecule has 1 atom stereocenters. The SMILES string of the molecule is CC(CC#N)N(C)c1cncc(N)n1. The summed E-state index contributed by atoms with van der Waals surface area (Å²) in [5.74, 6) is 1.08. The van der Waals surface area contributed by atoms with Crippen LogP contribution in [-0.4, -0.2) is 23.1 Å². The summed E-state index contributed by atoms with van der Waals surface area (Å²) in [6.07, 6.45) is 3.57. The van der Waals surface area contributed by atoms with Crippen molar-refractivity contribution in [2.75, 3.05) is 17.7 Å². The van der Waals surface area contributed by atoms with Gasteiger partial charge in [-0.3, -0.25) is 4.98 Å². The minimum absolute atomic E-state index is 0.107. The first-order valence-electron chi connectivity index (χ1n) is 4.32.